The minimum Gasteiger partial charge on any atom is -0.382 e. The molecule has 0 heterocycles. The molecule has 2 rings (SSSR count). The van der Waals surface area contributed by atoms with Crippen molar-refractivity contribution in [2.45, 2.75) is 37.7 Å². The Morgan fingerprint density at radius 2 is 2.06 bits per heavy atom. The zero-order valence-corrected chi connectivity index (χ0v) is 10.1. The molecule has 1 aromatic rings. The van der Waals surface area contributed by atoms with E-state index < -0.39 is 11.4 Å². The molecule has 1 fully saturated rings. The average Bonchev–Trinajstić information content (AvgIpc) is 2.73. The van der Waals surface area contributed by atoms with E-state index in [2.05, 4.69) is 0 Å². The van der Waals surface area contributed by atoms with E-state index in [1.807, 2.05) is 0 Å². The normalized spacial score (nSPS) is 18.3. The Hall–Kier alpha value is -0.930. The molecule has 0 aliphatic heterocycles. The van der Waals surface area contributed by atoms with Crippen molar-refractivity contribution in [1.82, 2.24) is 0 Å². The molecule has 92 valence electrons. The van der Waals surface area contributed by atoms with Crippen LogP contribution in [-0.4, -0.2) is 16.5 Å². The third kappa shape index (κ3) is 2.50. The van der Waals surface area contributed by atoms with Gasteiger partial charge in [0.25, 0.3) is 0 Å². The summed E-state index contributed by atoms with van der Waals surface area (Å²) in [6.45, 7) is 0. The second-order valence-corrected chi connectivity index (χ2v) is 4.96. The predicted octanol–water partition coefficient (Wildman–Crippen LogP) is 2.90. The van der Waals surface area contributed by atoms with Gasteiger partial charge in [0, 0.05) is 6.42 Å². The number of carbonyl (C=O) groups excluding carboxylic acids is 1. The summed E-state index contributed by atoms with van der Waals surface area (Å²) >= 11 is 5.64. The van der Waals surface area contributed by atoms with Crippen LogP contribution in [0.4, 0.5) is 4.39 Å². The Morgan fingerprint density at radius 1 is 1.41 bits per heavy atom. The monoisotopic (exact) mass is 256 g/mol. The maximum absolute atomic E-state index is 13.6. The Labute approximate surface area is 104 Å². The molecule has 2 nitrogen and oxygen atoms in total. The third-order valence-electron chi connectivity index (χ3n) is 3.33. The van der Waals surface area contributed by atoms with Crippen LogP contribution in [0.3, 0.4) is 0 Å². The number of carbonyl (C=O) groups is 1. The van der Waals surface area contributed by atoms with Gasteiger partial charge in [-0.25, -0.2) is 4.39 Å². The van der Waals surface area contributed by atoms with Gasteiger partial charge in [0.05, 0.1) is 5.02 Å². The quantitative estimate of drug-likeness (QED) is 0.903. The number of ketones is 1. The van der Waals surface area contributed by atoms with Gasteiger partial charge in [-0.2, -0.15) is 0 Å². The average molecular weight is 257 g/mol. The molecule has 0 unspecified atom stereocenters. The molecular formula is C13H14ClFO2. The molecular weight excluding hydrogens is 243 g/mol. The zero-order valence-electron chi connectivity index (χ0n) is 9.38. The summed E-state index contributed by atoms with van der Waals surface area (Å²) in [4.78, 5) is 11.9. The van der Waals surface area contributed by atoms with E-state index in [0.29, 0.717) is 12.8 Å². The Balaban J connectivity index is 2.16. The van der Waals surface area contributed by atoms with Crippen LogP contribution in [0.2, 0.25) is 5.02 Å². The number of aliphatic hydroxyl groups is 1. The van der Waals surface area contributed by atoms with Gasteiger partial charge < -0.3 is 5.11 Å². The SMILES string of the molecule is O=C(Cc1cccc(Cl)c1F)C1(O)CCCC1. The molecule has 0 amide bonds. The van der Waals surface area contributed by atoms with Gasteiger partial charge in [0.2, 0.25) is 0 Å². The highest BCUT2D eigenvalue weighted by atomic mass is 35.5. The topological polar surface area (TPSA) is 37.3 Å². The lowest BCUT2D eigenvalue weighted by Crippen LogP contribution is -2.36. The molecule has 1 aliphatic carbocycles. The highest BCUT2D eigenvalue weighted by Gasteiger charge is 2.38. The van der Waals surface area contributed by atoms with Gasteiger partial charge >= 0.3 is 0 Å². The summed E-state index contributed by atoms with van der Waals surface area (Å²) in [5, 5.41) is 10.1. The molecule has 1 aliphatic rings. The first-order chi connectivity index (χ1) is 8.03. The zero-order chi connectivity index (χ0) is 12.5. The van der Waals surface area contributed by atoms with Crippen LogP contribution in [-0.2, 0) is 11.2 Å². The van der Waals surface area contributed by atoms with Gasteiger partial charge in [-0.15, -0.1) is 0 Å². The predicted molar refractivity (Wildman–Crippen MR) is 63.5 cm³/mol. The second kappa shape index (κ2) is 4.75. The highest BCUT2D eigenvalue weighted by Crippen LogP contribution is 2.31. The first kappa shape index (κ1) is 12.5. The first-order valence-corrected chi connectivity index (χ1v) is 6.09. The van der Waals surface area contributed by atoms with E-state index in [0.717, 1.165) is 12.8 Å². The minimum absolute atomic E-state index is 0.00807. The molecule has 0 saturated heterocycles. The Bertz CT molecular complexity index is 439. The fraction of sp³-hybridized carbons (Fsp3) is 0.462. The van der Waals surface area contributed by atoms with Crippen molar-refractivity contribution in [1.29, 1.82) is 0 Å². The largest absolute Gasteiger partial charge is 0.382 e. The van der Waals surface area contributed by atoms with E-state index in [1.54, 1.807) is 6.07 Å². The third-order valence-corrected chi connectivity index (χ3v) is 3.62. The molecule has 1 N–H and O–H groups in total. The Morgan fingerprint density at radius 3 is 2.71 bits per heavy atom. The van der Waals surface area contributed by atoms with Gasteiger partial charge in [0.1, 0.15) is 11.4 Å². The fourth-order valence-corrected chi connectivity index (χ4v) is 2.46. The van der Waals surface area contributed by atoms with Crippen molar-refractivity contribution in [3.63, 3.8) is 0 Å². The molecule has 0 radical (unpaired) electrons. The van der Waals surface area contributed by atoms with Crippen molar-refractivity contribution in [2.75, 3.05) is 0 Å². The van der Waals surface area contributed by atoms with Crippen LogP contribution in [0.1, 0.15) is 31.2 Å². The van der Waals surface area contributed by atoms with Crippen LogP contribution < -0.4 is 0 Å². The maximum Gasteiger partial charge on any atom is 0.168 e. The van der Waals surface area contributed by atoms with Gasteiger partial charge in [-0.1, -0.05) is 23.7 Å². The summed E-state index contributed by atoms with van der Waals surface area (Å²) in [5.41, 5.74) is -1.00. The van der Waals surface area contributed by atoms with Crippen LogP contribution in [0.25, 0.3) is 0 Å². The van der Waals surface area contributed by atoms with E-state index in [-0.39, 0.29) is 22.8 Å². The summed E-state index contributed by atoms with van der Waals surface area (Å²) < 4.78 is 13.6. The number of rotatable bonds is 3. The molecule has 0 bridgehead atoms. The fourth-order valence-electron chi connectivity index (χ4n) is 2.26. The maximum atomic E-state index is 13.6. The van der Waals surface area contributed by atoms with E-state index in [4.69, 9.17) is 11.6 Å². The lowest BCUT2D eigenvalue weighted by atomic mass is 9.92. The number of Topliss-reactive ketones (excluding diaryl/α,β-unsaturated/α-hetero) is 1. The molecule has 17 heavy (non-hydrogen) atoms. The van der Waals surface area contributed by atoms with E-state index >= 15 is 0 Å². The molecule has 0 atom stereocenters. The van der Waals surface area contributed by atoms with Crippen molar-refractivity contribution < 1.29 is 14.3 Å². The number of halogens is 2. The number of hydrogen-bond donors (Lipinski definition) is 1. The first-order valence-electron chi connectivity index (χ1n) is 5.71. The summed E-state index contributed by atoms with van der Waals surface area (Å²) in [6.07, 6.45) is 2.56. The van der Waals surface area contributed by atoms with Gasteiger partial charge in [-0.05, 0) is 37.3 Å². The van der Waals surface area contributed by atoms with Gasteiger partial charge in [0.15, 0.2) is 5.78 Å². The highest BCUT2D eigenvalue weighted by molar-refractivity contribution is 6.30. The van der Waals surface area contributed by atoms with E-state index in [9.17, 15) is 14.3 Å². The van der Waals surface area contributed by atoms with Crippen molar-refractivity contribution >= 4 is 17.4 Å². The smallest absolute Gasteiger partial charge is 0.168 e. The molecule has 4 heteroatoms. The van der Waals surface area contributed by atoms with Crippen molar-refractivity contribution in [3.05, 3.63) is 34.6 Å². The number of hydrogen-bond acceptors (Lipinski definition) is 2. The van der Waals surface area contributed by atoms with E-state index in [1.165, 1.54) is 12.1 Å². The van der Waals surface area contributed by atoms with Crippen LogP contribution in [0, 0.1) is 5.82 Å². The van der Waals surface area contributed by atoms with Crippen LogP contribution >= 0.6 is 11.6 Å². The molecule has 0 spiro atoms. The van der Waals surface area contributed by atoms with Crippen LogP contribution in [0.15, 0.2) is 18.2 Å². The van der Waals surface area contributed by atoms with Crippen molar-refractivity contribution in [2.24, 2.45) is 0 Å². The molecule has 1 saturated carbocycles. The molecule has 0 aromatic heterocycles. The number of benzene rings is 1. The second-order valence-electron chi connectivity index (χ2n) is 4.55. The summed E-state index contributed by atoms with van der Waals surface area (Å²) in [6, 6.07) is 4.57. The standard InChI is InChI=1S/C13H14ClFO2/c14-10-5-3-4-9(12(10)15)8-11(16)13(17)6-1-2-7-13/h3-5,17H,1-2,6-8H2. The van der Waals surface area contributed by atoms with Gasteiger partial charge in [-0.3, -0.25) is 4.79 Å². The lowest BCUT2D eigenvalue weighted by molar-refractivity contribution is -0.136. The van der Waals surface area contributed by atoms with Crippen molar-refractivity contribution in [3.8, 4) is 0 Å². The van der Waals surface area contributed by atoms with Crippen LogP contribution in [0.5, 0.6) is 0 Å². The minimum atomic E-state index is -1.26. The lowest BCUT2D eigenvalue weighted by Gasteiger charge is -2.20. The summed E-state index contributed by atoms with van der Waals surface area (Å²) in [5.74, 6) is -0.875. The Kier molecular flexibility index (Phi) is 3.50. The summed E-state index contributed by atoms with van der Waals surface area (Å²) in [7, 11) is 0. The molecule has 1 aromatic carbocycles.